The van der Waals surface area contributed by atoms with Crippen molar-refractivity contribution in [1.29, 1.82) is 0 Å². The zero-order valence-corrected chi connectivity index (χ0v) is 7.40. The molecule has 1 amide bonds. The Morgan fingerprint density at radius 3 is 2.08 bits per heavy atom. The summed E-state index contributed by atoms with van der Waals surface area (Å²) in [7, 11) is 0. The Morgan fingerprint density at radius 2 is 1.62 bits per heavy atom. The summed E-state index contributed by atoms with van der Waals surface area (Å²) >= 11 is 0. The maximum Gasteiger partial charge on any atom is 0.394 e. The van der Waals surface area contributed by atoms with Crippen LogP contribution in [0.1, 0.15) is 32.1 Å². The van der Waals surface area contributed by atoms with Gasteiger partial charge in [-0.05, 0) is 32.1 Å². The van der Waals surface area contributed by atoms with Crippen LogP contribution in [0.15, 0.2) is 0 Å². The van der Waals surface area contributed by atoms with Gasteiger partial charge < -0.3 is 10.0 Å². The summed E-state index contributed by atoms with van der Waals surface area (Å²) in [6.45, 7) is 0. The number of nitrogens with zero attached hydrogens (tertiary/aromatic N) is 1. The topological polar surface area (TPSA) is 57.6 Å². The van der Waals surface area contributed by atoms with Crippen LogP contribution in [-0.2, 0) is 9.59 Å². The molecule has 1 N–H and O–H groups in total. The van der Waals surface area contributed by atoms with Gasteiger partial charge in [0.05, 0.1) is 0 Å². The standard InChI is InChI=1S/C9H13NO3/c11-8(9(12)13)10-6-2-1-3-7(10)5-4-6/h6-7H,1-5H2,(H,12,13). The number of carbonyl (C=O) groups is 2. The Kier molecular flexibility index (Phi) is 1.98. The van der Waals surface area contributed by atoms with E-state index >= 15 is 0 Å². The quantitative estimate of drug-likeness (QED) is 0.560. The molecular formula is C9H13NO3. The molecule has 0 saturated carbocycles. The van der Waals surface area contributed by atoms with E-state index in [0.717, 1.165) is 32.1 Å². The van der Waals surface area contributed by atoms with E-state index in [1.807, 2.05) is 0 Å². The third-order valence-corrected chi connectivity index (χ3v) is 3.11. The lowest BCUT2D eigenvalue weighted by Gasteiger charge is -2.33. The first-order valence-electron chi connectivity index (χ1n) is 4.75. The van der Waals surface area contributed by atoms with Crippen molar-refractivity contribution in [1.82, 2.24) is 4.90 Å². The van der Waals surface area contributed by atoms with E-state index in [1.165, 1.54) is 0 Å². The fraction of sp³-hybridized carbons (Fsp3) is 0.778. The minimum Gasteiger partial charge on any atom is -0.474 e. The van der Waals surface area contributed by atoms with Crippen LogP contribution >= 0.6 is 0 Å². The van der Waals surface area contributed by atoms with Gasteiger partial charge in [0.25, 0.3) is 0 Å². The molecule has 2 unspecified atom stereocenters. The van der Waals surface area contributed by atoms with Crippen molar-refractivity contribution in [3.63, 3.8) is 0 Å². The third kappa shape index (κ3) is 1.30. The van der Waals surface area contributed by atoms with Gasteiger partial charge in [0.2, 0.25) is 0 Å². The summed E-state index contributed by atoms with van der Waals surface area (Å²) in [5.74, 6) is -2.01. The minimum atomic E-state index is -1.31. The fourth-order valence-corrected chi connectivity index (χ4v) is 2.56. The Morgan fingerprint density at radius 1 is 1.08 bits per heavy atom. The first-order chi connectivity index (χ1) is 6.20. The summed E-state index contributed by atoms with van der Waals surface area (Å²) in [5, 5.41) is 8.61. The number of piperidine rings is 1. The van der Waals surface area contributed by atoms with E-state index in [0.29, 0.717) is 0 Å². The Hall–Kier alpha value is -1.06. The summed E-state index contributed by atoms with van der Waals surface area (Å²) < 4.78 is 0. The number of carboxylic acid groups (broad SMARTS) is 1. The van der Waals surface area contributed by atoms with Gasteiger partial charge in [-0.3, -0.25) is 4.79 Å². The summed E-state index contributed by atoms with van der Waals surface area (Å²) in [6, 6.07) is 0.421. The van der Waals surface area contributed by atoms with Crippen LogP contribution in [0.25, 0.3) is 0 Å². The molecule has 0 radical (unpaired) electrons. The SMILES string of the molecule is O=C(O)C(=O)N1C2CCCC1CC2. The second-order valence-corrected chi connectivity index (χ2v) is 3.83. The van der Waals surface area contributed by atoms with Gasteiger partial charge >= 0.3 is 11.9 Å². The van der Waals surface area contributed by atoms with Crippen molar-refractivity contribution in [3.8, 4) is 0 Å². The van der Waals surface area contributed by atoms with E-state index in [-0.39, 0.29) is 12.1 Å². The van der Waals surface area contributed by atoms with E-state index in [2.05, 4.69) is 0 Å². The maximum absolute atomic E-state index is 11.3. The maximum atomic E-state index is 11.3. The molecule has 4 nitrogen and oxygen atoms in total. The van der Waals surface area contributed by atoms with Gasteiger partial charge in [-0.2, -0.15) is 0 Å². The summed E-state index contributed by atoms with van der Waals surface area (Å²) in [4.78, 5) is 23.4. The van der Waals surface area contributed by atoms with Crippen molar-refractivity contribution >= 4 is 11.9 Å². The number of carbonyl (C=O) groups excluding carboxylic acids is 1. The molecule has 2 rings (SSSR count). The van der Waals surface area contributed by atoms with Crippen LogP contribution in [0.5, 0.6) is 0 Å². The molecule has 0 aliphatic carbocycles. The van der Waals surface area contributed by atoms with Gasteiger partial charge in [-0.25, -0.2) is 4.79 Å². The van der Waals surface area contributed by atoms with Crippen molar-refractivity contribution in [3.05, 3.63) is 0 Å². The largest absolute Gasteiger partial charge is 0.474 e. The molecule has 0 spiro atoms. The lowest BCUT2D eigenvalue weighted by Crippen LogP contribution is -2.47. The highest BCUT2D eigenvalue weighted by molar-refractivity contribution is 6.31. The van der Waals surface area contributed by atoms with Crippen molar-refractivity contribution in [2.45, 2.75) is 44.2 Å². The summed E-state index contributed by atoms with van der Waals surface area (Å²) in [5.41, 5.74) is 0. The van der Waals surface area contributed by atoms with E-state index in [1.54, 1.807) is 4.90 Å². The first kappa shape index (κ1) is 8.53. The average Bonchev–Trinajstić information content (AvgIpc) is 2.34. The lowest BCUT2D eigenvalue weighted by atomic mass is 10.0. The average molecular weight is 183 g/mol. The number of rotatable bonds is 0. The lowest BCUT2D eigenvalue weighted by molar-refractivity contribution is -0.158. The molecule has 2 aliphatic rings. The highest BCUT2D eigenvalue weighted by Gasteiger charge is 2.41. The molecule has 2 atom stereocenters. The molecule has 2 heterocycles. The number of hydrogen-bond donors (Lipinski definition) is 1. The molecule has 2 fully saturated rings. The molecule has 2 bridgehead atoms. The summed E-state index contributed by atoms with van der Waals surface area (Å²) in [6.07, 6.45) is 5.08. The van der Waals surface area contributed by atoms with Gasteiger partial charge in [0.1, 0.15) is 0 Å². The Labute approximate surface area is 76.5 Å². The van der Waals surface area contributed by atoms with E-state index in [4.69, 9.17) is 5.11 Å². The van der Waals surface area contributed by atoms with Gasteiger partial charge in [0, 0.05) is 12.1 Å². The number of carboxylic acids is 1. The third-order valence-electron chi connectivity index (χ3n) is 3.11. The molecule has 0 aromatic rings. The number of hydrogen-bond acceptors (Lipinski definition) is 2. The molecule has 72 valence electrons. The molecule has 4 heteroatoms. The van der Waals surface area contributed by atoms with Crippen molar-refractivity contribution in [2.24, 2.45) is 0 Å². The second-order valence-electron chi connectivity index (χ2n) is 3.83. The minimum absolute atomic E-state index is 0.211. The van der Waals surface area contributed by atoms with Crippen LogP contribution in [0.3, 0.4) is 0 Å². The highest BCUT2D eigenvalue weighted by Crippen LogP contribution is 2.35. The number of aliphatic carboxylic acids is 1. The number of amides is 1. The monoisotopic (exact) mass is 183 g/mol. The molecular weight excluding hydrogens is 170 g/mol. The van der Waals surface area contributed by atoms with E-state index < -0.39 is 11.9 Å². The van der Waals surface area contributed by atoms with Gasteiger partial charge in [0.15, 0.2) is 0 Å². The van der Waals surface area contributed by atoms with Crippen LogP contribution in [0.4, 0.5) is 0 Å². The van der Waals surface area contributed by atoms with Crippen LogP contribution in [-0.4, -0.2) is 34.0 Å². The normalized spacial score (nSPS) is 31.8. The fourth-order valence-electron chi connectivity index (χ4n) is 2.56. The first-order valence-corrected chi connectivity index (χ1v) is 4.75. The predicted octanol–water partition coefficient (Wildman–Crippen LogP) is 0.614. The zero-order valence-electron chi connectivity index (χ0n) is 7.40. The highest BCUT2D eigenvalue weighted by atomic mass is 16.4. The Balaban J connectivity index is 2.15. The van der Waals surface area contributed by atoms with Gasteiger partial charge in [-0.1, -0.05) is 0 Å². The molecule has 0 aromatic carbocycles. The smallest absolute Gasteiger partial charge is 0.394 e. The number of fused-ring (bicyclic) bond motifs is 2. The molecule has 13 heavy (non-hydrogen) atoms. The van der Waals surface area contributed by atoms with Crippen LogP contribution < -0.4 is 0 Å². The molecule has 2 saturated heterocycles. The van der Waals surface area contributed by atoms with Crippen molar-refractivity contribution in [2.75, 3.05) is 0 Å². The molecule has 2 aliphatic heterocycles. The predicted molar refractivity (Wildman–Crippen MR) is 45.1 cm³/mol. The van der Waals surface area contributed by atoms with Crippen LogP contribution in [0, 0.1) is 0 Å². The van der Waals surface area contributed by atoms with E-state index in [9.17, 15) is 9.59 Å². The van der Waals surface area contributed by atoms with Crippen molar-refractivity contribution < 1.29 is 14.7 Å². The van der Waals surface area contributed by atoms with Gasteiger partial charge in [-0.15, -0.1) is 0 Å². The zero-order chi connectivity index (χ0) is 9.42. The van der Waals surface area contributed by atoms with Crippen LogP contribution in [0.2, 0.25) is 0 Å². The second kappa shape index (κ2) is 3.01. The molecule has 0 aromatic heterocycles. The Bertz CT molecular complexity index is 235.